The van der Waals surface area contributed by atoms with E-state index in [0.717, 1.165) is 6.20 Å². The van der Waals surface area contributed by atoms with E-state index in [1.165, 1.54) is 17.0 Å². The molecule has 56 heavy (non-hydrogen) atoms. The predicted octanol–water partition coefficient (Wildman–Crippen LogP) is 12.2. The molecule has 0 aliphatic carbocycles. The van der Waals surface area contributed by atoms with E-state index in [1.807, 2.05) is 59.7 Å². The summed E-state index contributed by atoms with van der Waals surface area (Å²) in [5, 5.41) is 11.7. The fraction of sp³-hybridized carbons (Fsp3) is 0.478. The normalized spacial score (nSPS) is 10.7. The number of pyridine rings is 1. The van der Waals surface area contributed by atoms with E-state index in [2.05, 4.69) is 84.0 Å². The second-order valence-electron chi connectivity index (χ2n) is 16.5. The molecule has 1 aromatic heterocycles. The van der Waals surface area contributed by atoms with Crippen LogP contribution in [0.4, 0.5) is 0 Å². The van der Waals surface area contributed by atoms with E-state index in [0.29, 0.717) is 22.0 Å². The maximum Gasteiger partial charge on any atom is 2.00 e. The van der Waals surface area contributed by atoms with Gasteiger partial charge in [0.25, 0.3) is 17.7 Å². The van der Waals surface area contributed by atoms with E-state index >= 15 is 0 Å². The van der Waals surface area contributed by atoms with Gasteiger partial charge in [0, 0.05) is 23.5 Å². The van der Waals surface area contributed by atoms with Crippen molar-refractivity contribution in [3.63, 3.8) is 0 Å². The summed E-state index contributed by atoms with van der Waals surface area (Å²) in [4.78, 5) is 54.6. The molecular weight excluding hydrogens is 872 g/mol. The summed E-state index contributed by atoms with van der Waals surface area (Å²) in [6.07, 6.45) is 4.53. The number of fused-ring (bicyclic) bond motifs is 1. The quantitative estimate of drug-likeness (QED) is 0.153. The van der Waals surface area contributed by atoms with Crippen LogP contribution in [0.1, 0.15) is 168 Å². The Morgan fingerprint density at radius 3 is 1.21 bits per heavy atom. The first-order chi connectivity index (χ1) is 23.2. The number of imide groups is 1. The minimum atomic E-state index is -1.10. The van der Waals surface area contributed by atoms with Gasteiger partial charge in [0.15, 0.2) is 0 Å². The third kappa shape index (κ3) is 33.1. The van der Waals surface area contributed by atoms with Crippen molar-refractivity contribution in [2.45, 2.75) is 138 Å². The molecular formula is C46H76N4O5W. The predicted molar refractivity (Wildman–Crippen MR) is 236 cm³/mol. The van der Waals surface area contributed by atoms with E-state index < -0.39 is 11.5 Å². The molecule has 316 valence electrons. The van der Waals surface area contributed by atoms with Crippen LogP contribution in [-0.2, 0) is 21.1 Å². The number of amides is 3. The molecule has 1 aliphatic rings. The summed E-state index contributed by atoms with van der Waals surface area (Å²) in [6, 6.07) is 18.8. The first kappa shape index (κ1) is 66.6. The molecule has 3 amide bonds. The third-order valence-corrected chi connectivity index (χ3v) is 5.01. The average Bonchev–Trinajstić information content (AvgIpc) is 3.26. The third-order valence-electron chi connectivity index (χ3n) is 5.01. The number of nitrogens with one attached hydrogen (secondary N) is 1. The fourth-order valence-corrected chi connectivity index (χ4v) is 3.39. The van der Waals surface area contributed by atoms with Gasteiger partial charge in [-0.05, 0) is 88.8 Å². The zero-order valence-corrected chi connectivity index (χ0v) is 36.5. The minimum absolute atomic E-state index is 0. The van der Waals surface area contributed by atoms with Crippen LogP contribution in [0.3, 0.4) is 0 Å². The summed E-state index contributed by atoms with van der Waals surface area (Å²) in [7, 11) is 0. The van der Waals surface area contributed by atoms with Gasteiger partial charge < -0.3 is 28.2 Å². The zero-order valence-electron chi connectivity index (χ0n) is 33.6. The largest absolute Gasteiger partial charge is 2.00 e. The molecule has 0 saturated carbocycles. The van der Waals surface area contributed by atoms with Gasteiger partial charge in [-0.2, -0.15) is 6.72 Å². The number of carboxylic acid groups (broad SMARTS) is 1. The molecule has 4 rings (SSSR count). The van der Waals surface area contributed by atoms with Gasteiger partial charge >= 0.3 is 27.0 Å². The molecule has 0 unspecified atom stereocenters. The molecule has 0 bridgehead atoms. The molecule has 2 N–H and O–H groups in total. The van der Waals surface area contributed by atoms with Crippen molar-refractivity contribution in [3.8, 4) is 0 Å². The number of carbonyl (C=O) groups excluding carboxylic acids is 3. The Morgan fingerprint density at radius 2 is 0.982 bits per heavy atom. The Hall–Kier alpha value is -4.23. The van der Waals surface area contributed by atoms with E-state index in [1.54, 1.807) is 48.8 Å². The van der Waals surface area contributed by atoms with Gasteiger partial charge in [-0.1, -0.05) is 115 Å². The number of benzene rings is 2. The van der Waals surface area contributed by atoms with Crippen LogP contribution in [-0.4, -0.2) is 56.5 Å². The van der Waals surface area contributed by atoms with Gasteiger partial charge in [-0.15, -0.1) is 0 Å². The van der Waals surface area contributed by atoms with Crippen LogP contribution in [0.5, 0.6) is 0 Å². The monoisotopic (exact) mass is 949 g/mol. The van der Waals surface area contributed by atoms with Crippen molar-refractivity contribution in [3.05, 3.63) is 114 Å². The van der Waals surface area contributed by atoms with Crippen LogP contribution in [0.25, 0.3) is 0 Å². The molecule has 0 saturated heterocycles. The number of aliphatic imine (C=N–C) groups is 1. The number of nitrogens with zero attached hydrogens (tertiary/aromatic N) is 3. The van der Waals surface area contributed by atoms with Crippen LogP contribution in [0, 0.1) is 17.4 Å². The van der Waals surface area contributed by atoms with Crippen LogP contribution >= 0.6 is 0 Å². The number of aromatic nitrogens is 1. The number of aromatic carboxylic acids is 1. The van der Waals surface area contributed by atoms with E-state index in [4.69, 9.17) is 5.11 Å². The SMILES string of the molecule is C.C.C.C.CC(C)(C)C.CC(C)(C)C.CC(C)(C)N1C(=O)c2ccccc2C1=O.CC(C)(C)NC(=O)c1ccccc1C(=O)O.[CH-]=CN=[CH-].[W+2].c1ccncc1. The standard InChI is InChI=1S/C12H15NO3.C12H13NO2.C5H5N.2C5H12.C3H3N.4CH4.W/c1-12(2,3)13-10(14)8-6-4-5-7-9(8)11(15)16;1-12(2,3)13-10(14)8-6-4-5-7-9(8)11(13)15;1-2-4-6-5-3-1;2*1-5(2,3)4;1-3-4-2;;;;;/h4-7H,1-3H3,(H,13,14)(H,15,16);4-7H,1-3H3;1-5H;2*1-4H3;1-3H;4*1H4;/q;;;;;-2;;;;;+2. The van der Waals surface area contributed by atoms with E-state index in [9.17, 15) is 19.2 Å². The maximum atomic E-state index is 12.0. The van der Waals surface area contributed by atoms with Gasteiger partial charge in [0.2, 0.25) is 0 Å². The molecule has 9 nitrogen and oxygen atoms in total. The van der Waals surface area contributed by atoms with Crippen molar-refractivity contribution in [2.24, 2.45) is 15.8 Å². The van der Waals surface area contributed by atoms with Crippen molar-refractivity contribution in [1.29, 1.82) is 0 Å². The Bertz CT molecular complexity index is 1450. The molecule has 0 fully saturated rings. The maximum absolute atomic E-state index is 12.0. The number of rotatable bonds is 3. The van der Waals surface area contributed by atoms with Crippen molar-refractivity contribution >= 4 is 30.4 Å². The van der Waals surface area contributed by atoms with Gasteiger partial charge in [0.05, 0.1) is 22.3 Å². The number of carbonyl (C=O) groups is 4. The molecule has 2 heterocycles. The van der Waals surface area contributed by atoms with Crippen molar-refractivity contribution in [1.82, 2.24) is 15.2 Å². The molecule has 0 radical (unpaired) electrons. The molecule has 0 spiro atoms. The summed E-state index contributed by atoms with van der Waals surface area (Å²) < 4.78 is 0. The molecule has 1 aliphatic heterocycles. The topological polar surface area (TPSA) is 129 Å². The van der Waals surface area contributed by atoms with Gasteiger partial charge in [0.1, 0.15) is 0 Å². The summed E-state index contributed by atoms with van der Waals surface area (Å²) >= 11 is 0. The van der Waals surface area contributed by atoms with Crippen LogP contribution in [0.15, 0.2) is 90.3 Å². The van der Waals surface area contributed by atoms with E-state index in [-0.39, 0.29) is 85.2 Å². The number of hydrogen-bond acceptors (Lipinski definition) is 6. The molecule has 0 atom stereocenters. The fourth-order valence-electron chi connectivity index (χ4n) is 3.39. The summed E-state index contributed by atoms with van der Waals surface area (Å²) in [6.45, 7) is 37.7. The molecule has 3 aromatic rings. The number of hydrogen-bond donors (Lipinski definition) is 2. The second-order valence-corrected chi connectivity index (χ2v) is 16.5. The number of carboxylic acids is 1. The summed E-state index contributed by atoms with van der Waals surface area (Å²) in [5.74, 6) is -1.85. The molecule has 10 heteroatoms. The van der Waals surface area contributed by atoms with Gasteiger partial charge in [-0.25, -0.2) is 4.79 Å². The second kappa shape index (κ2) is 30.9. The Balaban J connectivity index is -0.000000110. The Labute approximate surface area is 357 Å². The Morgan fingerprint density at radius 1 is 0.661 bits per heavy atom. The first-order valence-corrected chi connectivity index (χ1v) is 16.6. The van der Waals surface area contributed by atoms with Gasteiger partial charge in [-0.3, -0.25) is 24.3 Å². The smallest absolute Gasteiger partial charge is 0.601 e. The minimum Gasteiger partial charge on any atom is -0.601 e. The van der Waals surface area contributed by atoms with Crippen LogP contribution < -0.4 is 5.32 Å². The summed E-state index contributed by atoms with van der Waals surface area (Å²) in [5.41, 5.74) is 1.37. The molecule has 2 aromatic carbocycles. The first-order valence-electron chi connectivity index (χ1n) is 16.6. The van der Waals surface area contributed by atoms with Crippen molar-refractivity contribution < 1.29 is 45.3 Å². The Kier molecular flexibility index (Phi) is 36.8. The van der Waals surface area contributed by atoms with Crippen molar-refractivity contribution in [2.75, 3.05) is 0 Å². The zero-order chi connectivity index (χ0) is 40.2. The average molecular weight is 949 g/mol. The van der Waals surface area contributed by atoms with Crippen LogP contribution in [0.2, 0.25) is 0 Å².